The quantitative estimate of drug-likeness (QED) is 0.862. The summed E-state index contributed by atoms with van der Waals surface area (Å²) in [6, 6.07) is 5.89. The van der Waals surface area contributed by atoms with Crippen LogP contribution in [0.3, 0.4) is 0 Å². The van der Waals surface area contributed by atoms with Crippen molar-refractivity contribution < 1.29 is 22.7 Å². The summed E-state index contributed by atoms with van der Waals surface area (Å²) in [5.74, 6) is -0.660. The molecule has 0 aliphatic rings. The number of thiophene rings is 1. The van der Waals surface area contributed by atoms with Crippen LogP contribution in [-0.2, 0) is 16.6 Å². The second kappa shape index (κ2) is 5.68. The summed E-state index contributed by atoms with van der Waals surface area (Å²) in [6.45, 7) is 0.0637. The lowest BCUT2D eigenvalue weighted by Crippen LogP contribution is -2.25. The summed E-state index contributed by atoms with van der Waals surface area (Å²) in [5.41, 5.74) is 0. The first-order chi connectivity index (χ1) is 9.30. The first kappa shape index (κ1) is 15.2. The molecule has 0 radical (unpaired) electrons. The molecule has 0 saturated carbocycles. The van der Waals surface area contributed by atoms with Gasteiger partial charge in [-0.25, -0.2) is 13.2 Å². The smallest absolute Gasteiger partial charge is 0.345 e. The molecule has 0 fully saturated rings. The van der Waals surface area contributed by atoms with E-state index in [-0.39, 0.29) is 15.6 Å². The van der Waals surface area contributed by atoms with Gasteiger partial charge in [0, 0.05) is 7.05 Å². The number of carboxylic acid groups (broad SMARTS) is 1. The fourth-order valence-corrected chi connectivity index (χ4v) is 4.30. The summed E-state index contributed by atoms with van der Waals surface area (Å²) >= 11 is 3.86. The molecule has 20 heavy (non-hydrogen) atoms. The summed E-state index contributed by atoms with van der Waals surface area (Å²) < 4.78 is 31.4. The number of hydrogen-bond acceptors (Lipinski definition) is 5. The molecule has 0 aromatic carbocycles. The SMILES string of the molecule is CN(Cc1ccc(Br)o1)S(=O)(=O)c1ccc(C(=O)O)s1. The first-order valence-corrected chi connectivity index (χ1v) is 8.39. The summed E-state index contributed by atoms with van der Waals surface area (Å²) in [5, 5.41) is 8.82. The van der Waals surface area contributed by atoms with Crippen molar-refractivity contribution in [1.82, 2.24) is 4.31 Å². The zero-order valence-corrected chi connectivity index (χ0v) is 13.5. The van der Waals surface area contributed by atoms with Crippen LogP contribution in [0.4, 0.5) is 0 Å². The van der Waals surface area contributed by atoms with Crippen LogP contribution in [0.15, 0.2) is 37.6 Å². The largest absolute Gasteiger partial charge is 0.477 e. The molecular weight excluding hydrogens is 370 g/mol. The number of rotatable bonds is 5. The van der Waals surface area contributed by atoms with Crippen molar-refractivity contribution in [2.45, 2.75) is 10.8 Å². The van der Waals surface area contributed by atoms with Crippen molar-refractivity contribution in [2.75, 3.05) is 7.05 Å². The molecule has 2 aromatic heterocycles. The third-order valence-corrected chi connectivity index (χ3v) is 6.23. The van der Waals surface area contributed by atoms with Crippen LogP contribution in [0.5, 0.6) is 0 Å². The minimum atomic E-state index is -3.73. The minimum Gasteiger partial charge on any atom is -0.477 e. The highest BCUT2D eigenvalue weighted by molar-refractivity contribution is 9.10. The number of furan rings is 1. The molecule has 0 bridgehead atoms. The van der Waals surface area contributed by atoms with Crippen LogP contribution >= 0.6 is 27.3 Å². The average molecular weight is 380 g/mol. The predicted molar refractivity (Wildman–Crippen MR) is 76.3 cm³/mol. The molecule has 2 aromatic rings. The summed E-state index contributed by atoms with van der Waals surface area (Å²) in [7, 11) is -2.32. The fraction of sp³-hybridized carbons (Fsp3) is 0.182. The third kappa shape index (κ3) is 3.11. The molecule has 2 heterocycles. The Morgan fingerprint density at radius 1 is 1.40 bits per heavy atom. The molecular formula is C11H10BrNO5S2. The third-order valence-electron chi connectivity index (χ3n) is 2.46. The number of nitrogens with zero attached hydrogens (tertiary/aromatic N) is 1. The Hall–Kier alpha value is -1.16. The summed E-state index contributed by atoms with van der Waals surface area (Å²) in [6.07, 6.45) is 0. The molecule has 6 nitrogen and oxygen atoms in total. The average Bonchev–Trinajstić information content (AvgIpc) is 2.98. The van der Waals surface area contributed by atoms with E-state index in [1.165, 1.54) is 19.2 Å². The maximum absolute atomic E-state index is 12.3. The van der Waals surface area contributed by atoms with Crippen molar-refractivity contribution in [3.8, 4) is 0 Å². The number of carboxylic acids is 1. The monoisotopic (exact) mass is 379 g/mol. The van der Waals surface area contributed by atoms with Crippen LogP contribution in [0.25, 0.3) is 0 Å². The Morgan fingerprint density at radius 3 is 2.60 bits per heavy atom. The van der Waals surface area contributed by atoms with E-state index in [9.17, 15) is 13.2 Å². The standard InChI is InChI=1S/C11H10BrNO5S2/c1-13(6-7-2-4-9(12)18-7)20(16,17)10-5-3-8(19-10)11(14)15/h2-5H,6H2,1H3,(H,14,15). The molecule has 0 aliphatic carbocycles. The van der Waals surface area contributed by atoms with Gasteiger partial charge in [-0.05, 0) is 40.2 Å². The molecule has 108 valence electrons. The topological polar surface area (TPSA) is 87.8 Å². The molecule has 0 spiro atoms. The molecule has 0 atom stereocenters. The van der Waals surface area contributed by atoms with E-state index in [2.05, 4.69) is 15.9 Å². The maximum Gasteiger partial charge on any atom is 0.345 e. The van der Waals surface area contributed by atoms with Gasteiger partial charge in [-0.1, -0.05) is 0 Å². The molecule has 2 rings (SSSR count). The molecule has 0 unspecified atom stereocenters. The van der Waals surface area contributed by atoms with Gasteiger partial charge in [-0.15, -0.1) is 11.3 Å². The molecule has 0 amide bonds. The van der Waals surface area contributed by atoms with E-state index in [4.69, 9.17) is 9.52 Å². The van der Waals surface area contributed by atoms with Gasteiger partial charge in [0.2, 0.25) is 0 Å². The van der Waals surface area contributed by atoms with Crippen LogP contribution < -0.4 is 0 Å². The van der Waals surface area contributed by atoms with Crippen LogP contribution in [-0.4, -0.2) is 30.8 Å². The highest BCUT2D eigenvalue weighted by Crippen LogP contribution is 2.26. The van der Waals surface area contributed by atoms with E-state index in [1.54, 1.807) is 12.1 Å². The number of halogens is 1. The lowest BCUT2D eigenvalue weighted by molar-refractivity contribution is 0.0702. The number of sulfonamides is 1. The van der Waals surface area contributed by atoms with E-state index in [1.807, 2.05) is 0 Å². The van der Waals surface area contributed by atoms with Crippen molar-refractivity contribution in [3.05, 3.63) is 39.6 Å². The molecule has 1 N–H and O–H groups in total. The highest BCUT2D eigenvalue weighted by atomic mass is 79.9. The molecule has 9 heteroatoms. The minimum absolute atomic E-state index is 0.0111. The maximum atomic E-state index is 12.3. The number of hydrogen-bond donors (Lipinski definition) is 1. The van der Waals surface area contributed by atoms with Crippen molar-refractivity contribution in [3.63, 3.8) is 0 Å². The number of aromatic carboxylic acids is 1. The highest BCUT2D eigenvalue weighted by Gasteiger charge is 2.25. The van der Waals surface area contributed by atoms with Gasteiger partial charge < -0.3 is 9.52 Å². The van der Waals surface area contributed by atoms with Gasteiger partial charge in [-0.2, -0.15) is 4.31 Å². The Kier molecular flexibility index (Phi) is 4.33. The zero-order valence-electron chi connectivity index (χ0n) is 10.2. The van der Waals surface area contributed by atoms with Gasteiger partial charge in [0.15, 0.2) is 4.67 Å². The van der Waals surface area contributed by atoms with Crippen LogP contribution in [0.1, 0.15) is 15.4 Å². The van der Waals surface area contributed by atoms with Crippen molar-refractivity contribution in [2.24, 2.45) is 0 Å². The zero-order chi connectivity index (χ0) is 14.9. The fourth-order valence-electron chi connectivity index (χ4n) is 1.47. The van der Waals surface area contributed by atoms with E-state index in [0.717, 1.165) is 15.6 Å². The van der Waals surface area contributed by atoms with Crippen molar-refractivity contribution in [1.29, 1.82) is 0 Å². The van der Waals surface area contributed by atoms with Gasteiger partial charge in [0.25, 0.3) is 10.0 Å². The Labute approximate surface area is 127 Å². The van der Waals surface area contributed by atoms with Crippen molar-refractivity contribution >= 4 is 43.3 Å². The van der Waals surface area contributed by atoms with Crippen LogP contribution in [0.2, 0.25) is 0 Å². The summed E-state index contributed by atoms with van der Waals surface area (Å²) in [4.78, 5) is 10.8. The van der Waals surface area contributed by atoms with Gasteiger partial charge >= 0.3 is 5.97 Å². The Bertz CT molecular complexity index is 734. The van der Waals surface area contributed by atoms with Gasteiger partial charge in [0.1, 0.15) is 14.8 Å². The molecule has 0 aliphatic heterocycles. The van der Waals surface area contributed by atoms with E-state index < -0.39 is 16.0 Å². The normalized spacial score (nSPS) is 11.9. The van der Waals surface area contributed by atoms with Crippen LogP contribution in [0, 0.1) is 0 Å². The lowest BCUT2D eigenvalue weighted by atomic mass is 10.4. The second-order valence-electron chi connectivity index (χ2n) is 3.89. The first-order valence-electron chi connectivity index (χ1n) is 5.34. The van der Waals surface area contributed by atoms with Gasteiger partial charge in [-0.3, -0.25) is 0 Å². The van der Waals surface area contributed by atoms with Gasteiger partial charge in [0.05, 0.1) is 6.54 Å². The number of carbonyl (C=O) groups is 1. The Balaban J connectivity index is 2.22. The predicted octanol–water partition coefficient (Wildman–Crippen LogP) is 2.62. The van der Waals surface area contributed by atoms with E-state index in [0.29, 0.717) is 10.4 Å². The Morgan fingerprint density at radius 2 is 2.10 bits per heavy atom. The molecule has 0 saturated heterocycles. The lowest BCUT2D eigenvalue weighted by Gasteiger charge is -2.14. The van der Waals surface area contributed by atoms with E-state index >= 15 is 0 Å². The second-order valence-corrected chi connectivity index (χ2v) is 8.03.